The van der Waals surface area contributed by atoms with E-state index in [0.29, 0.717) is 22.4 Å². The molecule has 1 saturated heterocycles. The first kappa shape index (κ1) is 27.8. The number of likely N-dealkylation sites (tertiary alicyclic amines) is 1. The van der Waals surface area contributed by atoms with Crippen molar-refractivity contribution in [3.8, 4) is 16.8 Å². The van der Waals surface area contributed by atoms with Gasteiger partial charge in [-0.05, 0) is 70.2 Å². The molecule has 2 aliphatic rings. The average Bonchev–Trinajstić information content (AvgIpc) is 3.42. The molecule has 1 aliphatic heterocycles. The molecule has 0 bridgehead atoms. The Hall–Kier alpha value is -4.34. The molecule has 0 spiro atoms. The van der Waals surface area contributed by atoms with E-state index in [-0.39, 0.29) is 42.0 Å². The molecule has 1 aliphatic carbocycles. The molecule has 1 amide bonds. The zero-order valence-corrected chi connectivity index (χ0v) is 24.3. The molecule has 2 aromatic heterocycles. The molecule has 2 fully saturated rings. The lowest BCUT2D eigenvalue weighted by molar-refractivity contribution is 0.0502. The largest absolute Gasteiger partial charge is 0.462 e. The van der Waals surface area contributed by atoms with Crippen LogP contribution in [0.1, 0.15) is 90.4 Å². The third-order valence-electron chi connectivity index (χ3n) is 8.50. The number of hydrogen-bond donors (Lipinski definition) is 0. The van der Waals surface area contributed by atoms with Gasteiger partial charge in [0.15, 0.2) is 0 Å². The van der Waals surface area contributed by atoms with E-state index < -0.39 is 11.8 Å². The zero-order chi connectivity index (χ0) is 29.5. The highest BCUT2D eigenvalue weighted by molar-refractivity contribution is 5.96. The molecule has 9 nitrogen and oxygen atoms in total. The minimum Gasteiger partial charge on any atom is -0.462 e. The number of carbonyl (C=O) groups excluding carboxylic acids is 2. The van der Waals surface area contributed by atoms with E-state index in [2.05, 4.69) is 15.4 Å². The van der Waals surface area contributed by atoms with Crippen molar-refractivity contribution in [3.05, 3.63) is 83.2 Å². The summed E-state index contributed by atoms with van der Waals surface area (Å²) in [5, 5.41) is 12.9. The maximum atomic E-state index is 16.1. The quantitative estimate of drug-likeness (QED) is 0.266. The van der Waals surface area contributed by atoms with E-state index in [0.717, 1.165) is 37.1 Å². The summed E-state index contributed by atoms with van der Waals surface area (Å²) in [6.45, 7) is 6.07. The van der Waals surface area contributed by atoms with Crippen LogP contribution in [0.4, 0.5) is 4.39 Å². The van der Waals surface area contributed by atoms with E-state index in [1.165, 1.54) is 6.20 Å². The number of rotatable bonds is 7. The van der Waals surface area contributed by atoms with Crippen LogP contribution in [0.5, 0.6) is 0 Å². The van der Waals surface area contributed by atoms with Gasteiger partial charge in [-0.1, -0.05) is 29.5 Å². The fourth-order valence-corrected chi connectivity index (χ4v) is 6.33. The van der Waals surface area contributed by atoms with E-state index in [9.17, 15) is 9.59 Å². The van der Waals surface area contributed by atoms with Crippen LogP contribution in [0.2, 0.25) is 0 Å². The Kier molecular flexibility index (Phi) is 7.38. The molecule has 0 N–H and O–H groups in total. The van der Waals surface area contributed by atoms with E-state index in [4.69, 9.17) is 4.74 Å². The highest BCUT2D eigenvalue weighted by atomic mass is 19.1. The third kappa shape index (κ3) is 4.99. The van der Waals surface area contributed by atoms with Gasteiger partial charge in [-0.3, -0.25) is 9.48 Å². The number of piperidine rings is 1. The van der Waals surface area contributed by atoms with Crippen LogP contribution >= 0.6 is 0 Å². The molecule has 4 atom stereocenters. The van der Waals surface area contributed by atoms with Crippen molar-refractivity contribution in [2.45, 2.75) is 70.4 Å². The van der Waals surface area contributed by atoms with Gasteiger partial charge in [-0.25, -0.2) is 13.9 Å². The Morgan fingerprint density at radius 3 is 2.52 bits per heavy atom. The second kappa shape index (κ2) is 11.2. The van der Waals surface area contributed by atoms with Crippen LogP contribution in [-0.4, -0.2) is 60.2 Å². The van der Waals surface area contributed by atoms with Crippen LogP contribution in [0.3, 0.4) is 0 Å². The SMILES string of the molecule is CCOC(=O)c1cnn(-c2cccc(-c3cccc(C(=O)N4[C@H](C)CCC[C@@H]4C)c3F)c2)c1[C@@H]1C[C@H]1c1cn(C)nn1. The Morgan fingerprint density at radius 2 is 1.81 bits per heavy atom. The van der Waals surface area contributed by atoms with Crippen LogP contribution < -0.4 is 0 Å². The van der Waals surface area contributed by atoms with Gasteiger partial charge in [0, 0.05) is 42.7 Å². The summed E-state index contributed by atoms with van der Waals surface area (Å²) in [6.07, 6.45) is 7.11. The molecule has 4 aromatic rings. The van der Waals surface area contributed by atoms with E-state index in [1.54, 1.807) is 34.5 Å². The summed E-state index contributed by atoms with van der Waals surface area (Å²) in [6, 6.07) is 12.5. The van der Waals surface area contributed by atoms with Gasteiger partial charge in [-0.2, -0.15) is 5.10 Å². The minimum atomic E-state index is -0.539. The molecular weight excluding hydrogens is 535 g/mol. The van der Waals surface area contributed by atoms with Crippen molar-refractivity contribution in [1.82, 2.24) is 29.7 Å². The molecule has 42 heavy (non-hydrogen) atoms. The Balaban J connectivity index is 1.37. The fraction of sp³-hybridized carbons (Fsp3) is 0.406. The number of hydrogen-bond acceptors (Lipinski definition) is 6. The molecular formula is C32H35FN6O3. The monoisotopic (exact) mass is 570 g/mol. The maximum Gasteiger partial charge on any atom is 0.341 e. The Bertz CT molecular complexity index is 1630. The lowest BCUT2D eigenvalue weighted by Crippen LogP contribution is -2.47. The number of aryl methyl sites for hydroxylation is 1. The molecule has 2 aromatic carbocycles. The van der Waals surface area contributed by atoms with E-state index >= 15 is 4.39 Å². The zero-order valence-electron chi connectivity index (χ0n) is 24.3. The standard InChI is InChI=1S/C32H35FN6O3/c1-5-42-32(41)27-17-34-39(30(27)26-16-25(26)28-18-37(4)36-35-28)22-12-7-11-21(15-22)23-13-8-14-24(29(23)33)31(40)38-19(2)9-6-10-20(38)3/h7-8,11-15,17-20,25-26H,5-6,9-10,16H2,1-4H3/t19-,20+,25-,26-/m1/s1. The van der Waals surface area contributed by atoms with Gasteiger partial charge in [0.25, 0.3) is 5.91 Å². The van der Waals surface area contributed by atoms with Crippen molar-refractivity contribution in [1.29, 1.82) is 0 Å². The number of ether oxygens (including phenoxy) is 1. The second-order valence-corrected chi connectivity index (χ2v) is 11.4. The van der Waals surface area contributed by atoms with Crippen molar-refractivity contribution in [2.75, 3.05) is 6.61 Å². The van der Waals surface area contributed by atoms with E-state index in [1.807, 2.05) is 56.3 Å². The second-order valence-electron chi connectivity index (χ2n) is 11.4. The fourth-order valence-electron chi connectivity index (χ4n) is 6.33. The summed E-state index contributed by atoms with van der Waals surface area (Å²) >= 11 is 0. The van der Waals surface area contributed by atoms with Crippen molar-refractivity contribution in [2.24, 2.45) is 7.05 Å². The van der Waals surface area contributed by atoms with Crippen molar-refractivity contribution < 1.29 is 18.7 Å². The first-order valence-corrected chi connectivity index (χ1v) is 14.6. The highest BCUT2D eigenvalue weighted by Gasteiger charge is 2.46. The van der Waals surface area contributed by atoms with Crippen molar-refractivity contribution in [3.63, 3.8) is 0 Å². The smallest absolute Gasteiger partial charge is 0.341 e. The number of halogens is 1. The first-order chi connectivity index (χ1) is 20.3. The molecule has 218 valence electrons. The van der Waals surface area contributed by atoms with Crippen LogP contribution in [0.25, 0.3) is 16.8 Å². The van der Waals surface area contributed by atoms with Gasteiger partial charge in [-0.15, -0.1) is 5.10 Å². The Labute approximate surface area is 244 Å². The molecule has 3 heterocycles. The maximum absolute atomic E-state index is 16.1. The molecule has 1 saturated carbocycles. The molecule has 10 heteroatoms. The highest BCUT2D eigenvalue weighted by Crippen LogP contribution is 2.55. The molecule has 6 rings (SSSR count). The van der Waals surface area contributed by atoms with Crippen molar-refractivity contribution >= 4 is 11.9 Å². The Morgan fingerprint density at radius 1 is 1.05 bits per heavy atom. The predicted molar refractivity (Wildman–Crippen MR) is 155 cm³/mol. The number of amides is 1. The third-order valence-corrected chi connectivity index (χ3v) is 8.50. The van der Waals surface area contributed by atoms with Crippen LogP contribution in [0, 0.1) is 5.82 Å². The summed E-state index contributed by atoms with van der Waals surface area (Å²) in [5.74, 6) is -1.15. The summed E-state index contributed by atoms with van der Waals surface area (Å²) in [4.78, 5) is 28.3. The van der Waals surface area contributed by atoms with Gasteiger partial charge in [0.2, 0.25) is 0 Å². The van der Waals surface area contributed by atoms with Gasteiger partial charge in [0.1, 0.15) is 11.4 Å². The normalized spacial score (nSPS) is 21.8. The number of esters is 1. The summed E-state index contributed by atoms with van der Waals surface area (Å²) in [5.41, 5.74) is 3.70. The minimum absolute atomic E-state index is 0.00142. The van der Waals surface area contributed by atoms with Crippen LogP contribution in [0.15, 0.2) is 54.9 Å². The molecule has 0 unspecified atom stereocenters. The number of benzene rings is 2. The average molecular weight is 571 g/mol. The summed E-state index contributed by atoms with van der Waals surface area (Å²) < 4.78 is 24.8. The lowest BCUT2D eigenvalue weighted by atomic mass is 9.95. The predicted octanol–water partition coefficient (Wildman–Crippen LogP) is 5.66. The number of carbonyl (C=O) groups is 2. The first-order valence-electron chi connectivity index (χ1n) is 14.6. The summed E-state index contributed by atoms with van der Waals surface area (Å²) in [7, 11) is 1.82. The molecule has 0 radical (unpaired) electrons. The number of aromatic nitrogens is 5. The van der Waals surface area contributed by atoms with Gasteiger partial charge < -0.3 is 9.64 Å². The van der Waals surface area contributed by atoms with Gasteiger partial charge in [0.05, 0.1) is 35.4 Å². The van der Waals surface area contributed by atoms with Crippen LogP contribution in [-0.2, 0) is 11.8 Å². The lowest BCUT2D eigenvalue weighted by Gasteiger charge is -2.39. The van der Waals surface area contributed by atoms with Gasteiger partial charge >= 0.3 is 5.97 Å². The number of nitrogens with zero attached hydrogens (tertiary/aromatic N) is 6. The topological polar surface area (TPSA) is 95.1 Å².